The zero-order chi connectivity index (χ0) is 14.1. The summed E-state index contributed by atoms with van der Waals surface area (Å²) in [4.78, 5) is 0. The fourth-order valence-corrected chi connectivity index (χ4v) is 2.63. The summed E-state index contributed by atoms with van der Waals surface area (Å²) in [6.45, 7) is 7.17. The van der Waals surface area contributed by atoms with E-state index < -0.39 is 10.0 Å². The first kappa shape index (κ1) is 14.6. The van der Waals surface area contributed by atoms with Crippen LogP contribution >= 0.6 is 0 Å². The third-order valence-corrected chi connectivity index (χ3v) is 4.25. The highest BCUT2D eigenvalue weighted by Gasteiger charge is 2.25. The molecule has 1 aromatic heterocycles. The molecule has 0 saturated heterocycles. The summed E-state index contributed by atoms with van der Waals surface area (Å²) in [6.07, 6.45) is 2.23. The predicted octanol–water partition coefficient (Wildman–Crippen LogP) is 1.86. The summed E-state index contributed by atoms with van der Waals surface area (Å²) >= 11 is 0. The number of hydrogen-bond donors (Lipinski definition) is 2. The zero-order valence-electron chi connectivity index (χ0n) is 11.7. The summed E-state index contributed by atoms with van der Waals surface area (Å²) < 4.78 is 31.9. The van der Waals surface area contributed by atoms with E-state index in [1.165, 1.54) is 6.07 Å². The Morgan fingerprint density at radius 2 is 2.00 bits per heavy atom. The highest BCUT2D eigenvalue weighted by atomic mass is 32.2. The van der Waals surface area contributed by atoms with Gasteiger partial charge in [0.15, 0.2) is 0 Å². The molecule has 0 aliphatic heterocycles. The van der Waals surface area contributed by atoms with E-state index in [2.05, 4.69) is 10.0 Å². The predicted molar refractivity (Wildman–Crippen MR) is 73.2 cm³/mol. The molecule has 0 unspecified atom stereocenters. The van der Waals surface area contributed by atoms with E-state index in [1.807, 2.05) is 20.8 Å². The highest BCUT2D eigenvalue weighted by molar-refractivity contribution is 7.89. The molecule has 2 N–H and O–H groups in total. The van der Waals surface area contributed by atoms with E-state index in [0.717, 1.165) is 12.8 Å². The minimum absolute atomic E-state index is 0.00106. The van der Waals surface area contributed by atoms with Gasteiger partial charge >= 0.3 is 0 Å². The second-order valence-corrected chi connectivity index (χ2v) is 7.82. The van der Waals surface area contributed by atoms with Gasteiger partial charge in [0.1, 0.15) is 5.76 Å². The average molecular weight is 286 g/mol. The summed E-state index contributed by atoms with van der Waals surface area (Å²) in [6, 6.07) is 3.21. The Balaban J connectivity index is 1.95. The molecule has 0 radical (unpaired) electrons. The van der Waals surface area contributed by atoms with Gasteiger partial charge in [0.25, 0.3) is 10.0 Å². The number of hydrogen-bond acceptors (Lipinski definition) is 4. The monoisotopic (exact) mass is 286 g/mol. The first-order valence-electron chi connectivity index (χ1n) is 6.60. The molecule has 1 aromatic rings. The Morgan fingerprint density at radius 3 is 2.58 bits per heavy atom. The van der Waals surface area contributed by atoms with Crippen LogP contribution in [0.4, 0.5) is 0 Å². The van der Waals surface area contributed by atoms with Gasteiger partial charge in [-0.05, 0) is 51.7 Å². The zero-order valence-corrected chi connectivity index (χ0v) is 12.5. The van der Waals surface area contributed by atoms with Crippen LogP contribution in [0, 0.1) is 5.92 Å². The smallest absolute Gasteiger partial charge is 0.273 e. The molecular weight excluding hydrogens is 264 g/mol. The quantitative estimate of drug-likeness (QED) is 0.837. The van der Waals surface area contributed by atoms with Gasteiger partial charge in [-0.25, -0.2) is 13.1 Å². The molecule has 0 spiro atoms. The molecule has 0 bridgehead atoms. The van der Waals surface area contributed by atoms with Crippen LogP contribution in [0.2, 0.25) is 0 Å². The molecule has 1 saturated carbocycles. The first-order valence-corrected chi connectivity index (χ1v) is 8.08. The lowest BCUT2D eigenvalue weighted by atomic mass is 10.1. The fourth-order valence-electron chi connectivity index (χ4n) is 1.57. The minimum Gasteiger partial charge on any atom is -0.447 e. The van der Waals surface area contributed by atoms with Crippen LogP contribution < -0.4 is 10.0 Å². The maximum atomic E-state index is 12.0. The van der Waals surface area contributed by atoms with Crippen LogP contribution in [0.15, 0.2) is 21.6 Å². The van der Waals surface area contributed by atoms with Crippen molar-refractivity contribution in [1.82, 2.24) is 10.0 Å². The third-order valence-electron chi connectivity index (χ3n) is 2.95. The Bertz CT molecular complexity index is 524. The van der Waals surface area contributed by atoms with Crippen molar-refractivity contribution in [2.24, 2.45) is 5.92 Å². The van der Waals surface area contributed by atoms with Crippen LogP contribution in [-0.2, 0) is 16.6 Å². The lowest BCUT2D eigenvalue weighted by Gasteiger charge is -2.19. The molecule has 1 aliphatic carbocycles. The van der Waals surface area contributed by atoms with E-state index in [4.69, 9.17) is 4.42 Å². The molecule has 0 aromatic carbocycles. The van der Waals surface area contributed by atoms with Crippen molar-refractivity contribution in [3.8, 4) is 0 Å². The second-order valence-electron chi connectivity index (χ2n) is 6.12. The maximum Gasteiger partial charge on any atom is 0.273 e. The summed E-state index contributed by atoms with van der Waals surface area (Å²) in [5.74, 6) is 1.13. The second kappa shape index (κ2) is 5.26. The molecule has 6 heteroatoms. The fraction of sp³-hybridized carbons (Fsp3) is 0.692. The van der Waals surface area contributed by atoms with Crippen molar-refractivity contribution < 1.29 is 12.8 Å². The van der Waals surface area contributed by atoms with E-state index in [-0.39, 0.29) is 10.6 Å². The Hall–Kier alpha value is -0.850. The van der Waals surface area contributed by atoms with Gasteiger partial charge in [0, 0.05) is 12.1 Å². The molecule has 0 atom stereocenters. The number of furan rings is 1. The molecule has 5 nitrogen and oxygen atoms in total. The lowest BCUT2D eigenvalue weighted by molar-refractivity contribution is 0.359. The molecule has 1 heterocycles. The minimum atomic E-state index is -3.49. The number of rotatable bonds is 6. The van der Waals surface area contributed by atoms with Gasteiger partial charge in [-0.3, -0.25) is 0 Å². The van der Waals surface area contributed by atoms with Crippen LogP contribution in [0.1, 0.15) is 39.4 Å². The Morgan fingerprint density at radius 1 is 1.32 bits per heavy atom. The summed E-state index contributed by atoms with van der Waals surface area (Å²) in [7, 11) is -3.49. The van der Waals surface area contributed by atoms with Gasteiger partial charge in [-0.2, -0.15) is 0 Å². The van der Waals surface area contributed by atoms with Crippen molar-refractivity contribution in [3.05, 3.63) is 17.9 Å². The summed E-state index contributed by atoms with van der Waals surface area (Å²) in [5, 5.41) is 3.25. The standard InChI is InChI=1S/C13H22N2O3S/c1-13(2,3)14-9-11-6-7-12(18-11)19(16,17)15-8-10-4-5-10/h6-7,10,14-15H,4-5,8-9H2,1-3H3. The van der Waals surface area contributed by atoms with E-state index in [1.54, 1.807) is 6.07 Å². The van der Waals surface area contributed by atoms with Crippen molar-refractivity contribution in [3.63, 3.8) is 0 Å². The molecule has 19 heavy (non-hydrogen) atoms. The van der Waals surface area contributed by atoms with Crippen molar-refractivity contribution in [2.45, 2.75) is 50.8 Å². The average Bonchev–Trinajstić information content (AvgIpc) is 2.99. The SMILES string of the molecule is CC(C)(C)NCc1ccc(S(=O)(=O)NCC2CC2)o1. The molecule has 108 valence electrons. The normalized spacial score (nSPS) is 16.8. The third kappa shape index (κ3) is 4.63. The maximum absolute atomic E-state index is 12.0. The van der Waals surface area contributed by atoms with Gasteiger partial charge in [0.05, 0.1) is 6.54 Å². The summed E-state index contributed by atoms with van der Waals surface area (Å²) in [5.41, 5.74) is -0.0317. The molecule has 1 aliphatic rings. The van der Waals surface area contributed by atoms with E-state index in [9.17, 15) is 8.42 Å². The topological polar surface area (TPSA) is 71.3 Å². The van der Waals surface area contributed by atoms with Gasteiger partial charge in [0.2, 0.25) is 5.09 Å². The lowest BCUT2D eigenvalue weighted by Crippen LogP contribution is -2.34. The van der Waals surface area contributed by atoms with Crippen LogP contribution in [0.3, 0.4) is 0 Å². The van der Waals surface area contributed by atoms with Crippen LogP contribution in [-0.4, -0.2) is 20.5 Å². The number of nitrogens with one attached hydrogen (secondary N) is 2. The van der Waals surface area contributed by atoms with Crippen LogP contribution in [0.5, 0.6) is 0 Å². The van der Waals surface area contributed by atoms with E-state index >= 15 is 0 Å². The van der Waals surface area contributed by atoms with Gasteiger partial charge < -0.3 is 9.73 Å². The molecule has 1 fully saturated rings. The van der Waals surface area contributed by atoms with Gasteiger partial charge in [-0.1, -0.05) is 0 Å². The Kier molecular flexibility index (Phi) is 4.03. The number of sulfonamides is 1. The highest BCUT2D eigenvalue weighted by Crippen LogP contribution is 2.28. The Labute approximate surface area is 114 Å². The van der Waals surface area contributed by atoms with Crippen molar-refractivity contribution in [1.29, 1.82) is 0 Å². The van der Waals surface area contributed by atoms with Crippen molar-refractivity contribution >= 4 is 10.0 Å². The largest absolute Gasteiger partial charge is 0.447 e. The van der Waals surface area contributed by atoms with Crippen LogP contribution in [0.25, 0.3) is 0 Å². The molecular formula is C13H22N2O3S. The van der Waals surface area contributed by atoms with Gasteiger partial charge in [-0.15, -0.1) is 0 Å². The first-order chi connectivity index (χ1) is 8.76. The van der Waals surface area contributed by atoms with Crippen molar-refractivity contribution in [2.75, 3.05) is 6.54 Å². The molecule has 0 amide bonds. The van der Waals surface area contributed by atoms with E-state index in [0.29, 0.717) is 24.8 Å². The molecule has 2 rings (SSSR count).